The summed E-state index contributed by atoms with van der Waals surface area (Å²) in [7, 11) is 0. The lowest BCUT2D eigenvalue weighted by Gasteiger charge is -2.39. The molecule has 4 rings (SSSR count). The molecule has 0 aromatic rings. The van der Waals surface area contributed by atoms with Crippen LogP contribution in [0, 0.1) is 0 Å². The van der Waals surface area contributed by atoms with Crippen LogP contribution in [0.1, 0.15) is 44.9 Å². The minimum Gasteiger partial charge on any atom is -0.373 e. The molecule has 2 saturated heterocycles. The van der Waals surface area contributed by atoms with Crippen LogP contribution < -0.4 is 11.1 Å². The maximum atomic E-state index is 12.3. The summed E-state index contributed by atoms with van der Waals surface area (Å²) in [5.41, 5.74) is 5.52. The highest BCUT2D eigenvalue weighted by molar-refractivity contribution is 5.89. The molecule has 4 fully saturated rings. The van der Waals surface area contributed by atoms with Crippen molar-refractivity contribution >= 4 is 5.91 Å². The number of hydrogen-bond acceptors (Lipinski definition) is 4. The zero-order valence-electron chi connectivity index (χ0n) is 12.1. The first-order valence-electron chi connectivity index (χ1n) is 8.07. The molecule has 0 aromatic heterocycles. The summed E-state index contributed by atoms with van der Waals surface area (Å²) in [6.07, 6.45) is 7.41. The summed E-state index contributed by atoms with van der Waals surface area (Å²) in [6.45, 7) is 2.47. The van der Waals surface area contributed by atoms with Crippen molar-refractivity contribution in [3.05, 3.63) is 0 Å². The van der Waals surface area contributed by atoms with Crippen LogP contribution in [0.3, 0.4) is 0 Å². The molecule has 2 aliphatic heterocycles. The second kappa shape index (κ2) is 4.42. The molecule has 1 spiro atoms. The number of ether oxygens (including phenoxy) is 1. The van der Waals surface area contributed by atoms with Gasteiger partial charge in [-0.2, -0.15) is 0 Å². The quantitative estimate of drug-likeness (QED) is 0.784. The van der Waals surface area contributed by atoms with E-state index < -0.39 is 5.54 Å². The number of nitrogens with two attached hydrogens (primary N) is 1. The van der Waals surface area contributed by atoms with Gasteiger partial charge < -0.3 is 20.7 Å². The predicted octanol–water partition coefficient (Wildman–Crippen LogP) is 0.380. The Morgan fingerprint density at radius 3 is 2.45 bits per heavy atom. The number of likely N-dealkylation sites (tertiary alicyclic amines) is 1. The third-order valence-electron chi connectivity index (χ3n) is 5.43. The number of amides is 1. The maximum absolute atomic E-state index is 12.3. The van der Waals surface area contributed by atoms with Crippen molar-refractivity contribution in [3.63, 3.8) is 0 Å². The summed E-state index contributed by atoms with van der Waals surface area (Å²) in [5, 5.41) is 3.67. The Hall–Kier alpha value is -0.650. The van der Waals surface area contributed by atoms with E-state index in [0.717, 1.165) is 57.8 Å². The standard InChI is InChI=1S/C15H25N3O2/c16-15(3-4-15)13(19)18-7-5-14(6-8-18)9-12(10-20-14)17-11-1-2-11/h11-12,17H,1-10,16H2. The molecule has 2 saturated carbocycles. The Kier molecular flexibility index (Phi) is 2.88. The molecule has 0 bridgehead atoms. The molecular formula is C15H25N3O2. The van der Waals surface area contributed by atoms with E-state index in [0.29, 0.717) is 6.04 Å². The molecule has 0 radical (unpaired) electrons. The molecule has 0 aromatic carbocycles. The van der Waals surface area contributed by atoms with Crippen molar-refractivity contribution < 1.29 is 9.53 Å². The SMILES string of the molecule is NC1(C(=O)N2CCC3(CC2)CC(NC2CC2)CO3)CC1. The van der Waals surface area contributed by atoms with Gasteiger partial charge in [0.15, 0.2) is 0 Å². The number of rotatable bonds is 3. The molecule has 2 heterocycles. The molecule has 20 heavy (non-hydrogen) atoms. The van der Waals surface area contributed by atoms with Gasteiger partial charge in [0.2, 0.25) is 5.91 Å². The highest BCUT2D eigenvalue weighted by Gasteiger charge is 2.51. The Balaban J connectivity index is 1.31. The van der Waals surface area contributed by atoms with Gasteiger partial charge >= 0.3 is 0 Å². The third-order valence-corrected chi connectivity index (χ3v) is 5.43. The zero-order chi connectivity index (χ0) is 13.8. The monoisotopic (exact) mass is 279 g/mol. The van der Waals surface area contributed by atoms with Gasteiger partial charge in [0.25, 0.3) is 0 Å². The van der Waals surface area contributed by atoms with Crippen molar-refractivity contribution in [1.29, 1.82) is 0 Å². The fourth-order valence-corrected chi connectivity index (χ4v) is 3.66. The van der Waals surface area contributed by atoms with Crippen molar-refractivity contribution in [2.24, 2.45) is 5.73 Å². The lowest BCUT2D eigenvalue weighted by Crippen LogP contribution is -2.52. The van der Waals surface area contributed by atoms with E-state index in [2.05, 4.69) is 5.32 Å². The first-order chi connectivity index (χ1) is 9.59. The van der Waals surface area contributed by atoms with Gasteiger partial charge in [-0.3, -0.25) is 4.79 Å². The summed E-state index contributed by atoms with van der Waals surface area (Å²) in [6, 6.07) is 1.27. The average molecular weight is 279 g/mol. The number of carbonyl (C=O) groups excluding carboxylic acids is 1. The highest BCUT2D eigenvalue weighted by Crippen LogP contribution is 2.39. The molecule has 4 aliphatic rings. The Morgan fingerprint density at radius 1 is 1.15 bits per heavy atom. The largest absolute Gasteiger partial charge is 0.373 e. The van der Waals surface area contributed by atoms with Gasteiger partial charge in [0.05, 0.1) is 17.7 Å². The molecule has 2 aliphatic carbocycles. The van der Waals surface area contributed by atoms with Crippen LogP contribution in [0.15, 0.2) is 0 Å². The van der Waals surface area contributed by atoms with Crippen molar-refractivity contribution in [1.82, 2.24) is 10.2 Å². The molecule has 1 atom stereocenters. The normalized spacial score (nSPS) is 34.5. The van der Waals surface area contributed by atoms with Crippen molar-refractivity contribution in [3.8, 4) is 0 Å². The lowest BCUT2D eigenvalue weighted by molar-refractivity contribution is -0.138. The van der Waals surface area contributed by atoms with Crippen molar-refractivity contribution in [2.75, 3.05) is 19.7 Å². The minimum absolute atomic E-state index is 0.0225. The summed E-state index contributed by atoms with van der Waals surface area (Å²) in [4.78, 5) is 14.2. The molecule has 1 unspecified atom stereocenters. The first kappa shape index (κ1) is 13.0. The molecule has 3 N–H and O–H groups in total. The molecule has 5 heteroatoms. The van der Waals surface area contributed by atoms with E-state index in [1.165, 1.54) is 12.8 Å². The van der Waals surface area contributed by atoms with Crippen LogP contribution >= 0.6 is 0 Å². The zero-order valence-corrected chi connectivity index (χ0v) is 12.1. The smallest absolute Gasteiger partial charge is 0.242 e. The van der Waals surface area contributed by atoms with Crippen LogP contribution in [-0.2, 0) is 9.53 Å². The minimum atomic E-state index is -0.517. The number of carbonyl (C=O) groups is 1. The van der Waals surface area contributed by atoms with Crippen LogP contribution in [0.4, 0.5) is 0 Å². The summed E-state index contributed by atoms with van der Waals surface area (Å²) in [5.74, 6) is 0.165. The van der Waals surface area contributed by atoms with Gasteiger partial charge in [-0.25, -0.2) is 0 Å². The predicted molar refractivity (Wildman–Crippen MR) is 75.2 cm³/mol. The average Bonchev–Trinajstić information content (AvgIpc) is 3.35. The van der Waals surface area contributed by atoms with Crippen LogP contribution in [0.2, 0.25) is 0 Å². The summed E-state index contributed by atoms with van der Waals surface area (Å²) < 4.78 is 6.12. The van der Waals surface area contributed by atoms with Gasteiger partial charge in [-0.1, -0.05) is 0 Å². The third kappa shape index (κ3) is 2.36. The van der Waals surface area contributed by atoms with Crippen LogP contribution in [-0.4, -0.2) is 53.7 Å². The van der Waals surface area contributed by atoms with E-state index >= 15 is 0 Å². The molecular weight excluding hydrogens is 254 g/mol. The Bertz CT molecular complexity index is 409. The second-order valence-corrected chi connectivity index (χ2v) is 7.28. The first-order valence-corrected chi connectivity index (χ1v) is 8.07. The maximum Gasteiger partial charge on any atom is 0.242 e. The van der Waals surface area contributed by atoms with Crippen molar-refractivity contribution in [2.45, 2.75) is 68.2 Å². The van der Waals surface area contributed by atoms with Gasteiger partial charge in [-0.05, 0) is 44.9 Å². The van der Waals surface area contributed by atoms with Gasteiger partial charge in [0, 0.05) is 25.2 Å². The number of piperidine rings is 1. The van der Waals surface area contributed by atoms with E-state index in [4.69, 9.17) is 10.5 Å². The second-order valence-electron chi connectivity index (χ2n) is 7.28. The van der Waals surface area contributed by atoms with Crippen LogP contribution in [0.25, 0.3) is 0 Å². The van der Waals surface area contributed by atoms with Gasteiger partial charge in [-0.15, -0.1) is 0 Å². The molecule has 112 valence electrons. The number of nitrogens with zero attached hydrogens (tertiary/aromatic N) is 1. The molecule has 1 amide bonds. The Morgan fingerprint density at radius 2 is 1.85 bits per heavy atom. The molecule has 5 nitrogen and oxygen atoms in total. The number of hydrogen-bond donors (Lipinski definition) is 2. The van der Waals surface area contributed by atoms with Crippen LogP contribution in [0.5, 0.6) is 0 Å². The Labute approximate surface area is 120 Å². The summed E-state index contributed by atoms with van der Waals surface area (Å²) >= 11 is 0. The van der Waals surface area contributed by atoms with E-state index in [9.17, 15) is 4.79 Å². The van der Waals surface area contributed by atoms with E-state index in [1.807, 2.05) is 4.90 Å². The fourth-order valence-electron chi connectivity index (χ4n) is 3.66. The van der Waals surface area contributed by atoms with Gasteiger partial charge in [0.1, 0.15) is 0 Å². The van der Waals surface area contributed by atoms with E-state index in [-0.39, 0.29) is 11.5 Å². The lowest BCUT2D eigenvalue weighted by atomic mass is 9.87. The fraction of sp³-hybridized carbons (Fsp3) is 0.933. The highest BCUT2D eigenvalue weighted by atomic mass is 16.5. The number of nitrogens with one attached hydrogen (secondary N) is 1. The topological polar surface area (TPSA) is 67.6 Å². The van der Waals surface area contributed by atoms with E-state index in [1.54, 1.807) is 0 Å².